The highest BCUT2D eigenvalue weighted by atomic mass is 15.0. The normalized spacial score (nSPS) is 12.6. The van der Waals surface area contributed by atoms with Crippen molar-refractivity contribution in [3.05, 3.63) is 59.7 Å². The molecule has 112 valence electrons. The Hall–Kier alpha value is -1.64. The summed E-state index contributed by atoms with van der Waals surface area (Å²) in [4.78, 5) is 2.20. The number of rotatable bonds is 6. The number of aryl methyl sites for hydroxylation is 1. The minimum Gasteiger partial charge on any atom is -0.328 e. The third kappa shape index (κ3) is 4.69. The Balaban J connectivity index is 2.18. The predicted molar refractivity (Wildman–Crippen MR) is 91.2 cm³/mol. The van der Waals surface area contributed by atoms with Gasteiger partial charge in [0.15, 0.2) is 0 Å². The molecule has 0 fully saturated rings. The van der Waals surface area contributed by atoms with Crippen LogP contribution in [0, 0.1) is 0 Å². The van der Waals surface area contributed by atoms with E-state index >= 15 is 0 Å². The first-order valence-corrected chi connectivity index (χ1v) is 7.64. The zero-order chi connectivity index (χ0) is 15.2. The Labute approximate surface area is 128 Å². The van der Waals surface area contributed by atoms with E-state index in [0.29, 0.717) is 0 Å². The van der Waals surface area contributed by atoms with Gasteiger partial charge < -0.3 is 10.6 Å². The lowest BCUT2D eigenvalue weighted by Gasteiger charge is -2.14. The number of nitrogens with two attached hydrogens (primary N) is 1. The average molecular weight is 282 g/mol. The lowest BCUT2D eigenvalue weighted by molar-refractivity contribution is 0.403. The Kier molecular flexibility index (Phi) is 5.54. The van der Waals surface area contributed by atoms with Crippen LogP contribution in [0.15, 0.2) is 48.5 Å². The van der Waals surface area contributed by atoms with Crippen molar-refractivity contribution >= 4 is 0 Å². The Morgan fingerprint density at radius 1 is 1.00 bits per heavy atom. The van der Waals surface area contributed by atoms with E-state index in [1.54, 1.807) is 0 Å². The maximum atomic E-state index is 5.82. The van der Waals surface area contributed by atoms with Gasteiger partial charge >= 0.3 is 0 Å². The monoisotopic (exact) mass is 282 g/mol. The van der Waals surface area contributed by atoms with Gasteiger partial charge in [0.05, 0.1) is 0 Å². The maximum Gasteiger partial charge on any atom is 0.0233 e. The summed E-state index contributed by atoms with van der Waals surface area (Å²) < 4.78 is 0. The molecule has 0 heterocycles. The van der Waals surface area contributed by atoms with E-state index in [2.05, 4.69) is 74.4 Å². The summed E-state index contributed by atoms with van der Waals surface area (Å²) in [7, 11) is 4.21. The zero-order valence-corrected chi connectivity index (χ0v) is 13.3. The Morgan fingerprint density at radius 3 is 2.29 bits per heavy atom. The molecule has 0 bridgehead atoms. The molecule has 0 aromatic heterocycles. The molecule has 0 saturated carbocycles. The van der Waals surface area contributed by atoms with E-state index in [1.165, 1.54) is 22.3 Å². The largest absolute Gasteiger partial charge is 0.328 e. The van der Waals surface area contributed by atoms with E-state index in [9.17, 15) is 0 Å². The number of nitrogens with zero attached hydrogens (tertiary/aromatic N) is 1. The van der Waals surface area contributed by atoms with E-state index in [4.69, 9.17) is 5.73 Å². The average Bonchev–Trinajstić information content (AvgIpc) is 2.46. The van der Waals surface area contributed by atoms with Crippen LogP contribution in [0.5, 0.6) is 0 Å². The lowest BCUT2D eigenvalue weighted by Crippen LogP contribution is -2.15. The summed E-state index contributed by atoms with van der Waals surface area (Å²) >= 11 is 0. The van der Waals surface area contributed by atoms with Crippen molar-refractivity contribution in [3.8, 4) is 11.1 Å². The molecule has 2 aromatic carbocycles. The molecule has 2 rings (SSSR count). The van der Waals surface area contributed by atoms with E-state index in [1.807, 2.05) is 0 Å². The molecule has 2 N–H and O–H groups in total. The summed E-state index contributed by atoms with van der Waals surface area (Å²) in [6, 6.07) is 17.8. The summed E-state index contributed by atoms with van der Waals surface area (Å²) in [5, 5.41) is 0. The van der Waals surface area contributed by atoms with Crippen molar-refractivity contribution in [1.29, 1.82) is 0 Å². The Bertz CT molecular complexity index is 556. The SMILES string of the molecule is CC(N)CCc1ccc(-c2ccccc2CN(C)C)cc1. The summed E-state index contributed by atoms with van der Waals surface area (Å²) in [6.07, 6.45) is 2.09. The van der Waals surface area contributed by atoms with Crippen LogP contribution in [0.1, 0.15) is 24.5 Å². The van der Waals surface area contributed by atoms with Crippen molar-refractivity contribution in [2.75, 3.05) is 14.1 Å². The second-order valence-corrected chi connectivity index (χ2v) is 6.11. The third-order valence-electron chi connectivity index (χ3n) is 3.66. The van der Waals surface area contributed by atoms with Crippen LogP contribution < -0.4 is 5.73 Å². The van der Waals surface area contributed by atoms with Gasteiger partial charge in [0, 0.05) is 12.6 Å². The van der Waals surface area contributed by atoms with E-state index in [-0.39, 0.29) is 6.04 Å². The highest BCUT2D eigenvalue weighted by molar-refractivity contribution is 5.67. The van der Waals surface area contributed by atoms with Crippen molar-refractivity contribution in [2.45, 2.75) is 32.4 Å². The molecular weight excluding hydrogens is 256 g/mol. The molecule has 0 aliphatic carbocycles. The standard InChI is InChI=1S/C19H26N2/c1-15(20)8-9-16-10-12-17(13-11-16)19-7-5-4-6-18(19)14-21(2)3/h4-7,10-13,15H,8-9,14,20H2,1-3H3. The highest BCUT2D eigenvalue weighted by Crippen LogP contribution is 2.25. The molecule has 1 unspecified atom stereocenters. The van der Waals surface area contributed by atoms with Gasteiger partial charge in [-0.2, -0.15) is 0 Å². The van der Waals surface area contributed by atoms with Crippen LogP contribution in [0.25, 0.3) is 11.1 Å². The van der Waals surface area contributed by atoms with Crippen molar-refractivity contribution in [1.82, 2.24) is 4.90 Å². The topological polar surface area (TPSA) is 29.3 Å². The fourth-order valence-electron chi connectivity index (χ4n) is 2.53. The van der Waals surface area contributed by atoms with E-state index in [0.717, 1.165) is 19.4 Å². The molecule has 0 aliphatic heterocycles. The second-order valence-electron chi connectivity index (χ2n) is 6.11. The van der Waals surface area contributed by atoms with Gasteiger partial charge in [-0.25, -0.2) is 0 Å². The summed E-state index contributed by atoms with van der Waals surface area (Å²) in [5.41, 5.74) is 11.2. The molecule has 2 nitrogen and oxygen atoms in total. The van der Waals surface area contributed by atoms with Crippen LogP contribution >= 0.6 is 0 Å². The van der Waals surface area contributed by atoms with Crippen LogP contribution in [-0.2, 0) is 13.0 Å². The quantitative estimate of drug-likeness (QED) is 0.875. The molecule has 0 saturated heterocycles. The molecule has 0 aliphatic rings. The smallest absolute Gasteiger partial charge is 0.0233 e. The summed E-state index contributed by atoms with van der Waals surface area (Å²) in [5.74, 6) is 0. The molecule has 1 atom stereocenters. The first-order valence-electron chi connectivity index (χ1n) is 7.64. The first kappa shape index (κ1) is 15.7. The molecule has 0 spiro atoms. The van der Waals surface area contributed by atoms with Gasteiger partial charge in [-0.05, 0) is 56.1 Å². The van der Waals surface area contributed by atoms with Crippen molar-refractivity contribution < 1.29 is 0 Å². The van der Waals surface area contributed by atoms with Gasteiger partial charge in [0.2, 0.25) is 0 Å². The van der Waals surface area contributed by atoms with Gasteiger partial charge in [0.1, 0.15) is 0 Å². The molecule has 0 radical (unpaired) electrons. The predicted octanol–water partition coefficient (Wildman–Crippen LogP) is 3.70. The van der Waals surface area contributed by atoms with Gasteiger partial charge in [-0.1, -0.05) is 48.5 Å². The van der Waals surface area contributed by atoms with Gasteiger partial charge in [-0.3, -0.25) is 0 Å². The molecule has 2 heteroatoms. The molecular formula is C19H26N2. The number of hydrogen-bond donors (Lipinski definition) is 1. The van der Waals surface area contributed by atoms with Gasteiger partial charge in [-0.15, -0.1) is 0 Å². The number of benzene rings is 2. The minimum atomic E-state index is 0.269. The number of hydrogen-bond acceptors (Lipinski definition) is 2. The van der Waals surface area contributed by atoms with Crippen LogP contribution in [0.2, 0.25) is 0 Å². The zero-order valence-electron chi connectivity index (χ0n) is 13.3. The van der Waals surface area contributed by atoms with Crippen molar-refractivity contribution in [3.63, 3.8) is 0 Å². The lowest BCUT2D eigenvalue weighted by atomic mass is 9.97. The molecule has 2 aromatic rings. The molecule has 21 heavy (non-hydrogen) atoms. The van der Waals surface area contributed by atoms with Crippen molar-refractivity contribution in [2.24, 2.45) is 5.73 Å². The highest BCUT2D eigenvalue weighted by Gasteiger charge is 2.06. The van der Waals surface area contributed by atoms with Crippen LogP contribution in [0.3, 0.4) is 0 Å². The first-order chi connectivity index (χ1) is 10.1. The molecule has 0 amide bonds. The van der Waals surface area contributed by atoms with Gasteiger partial charge in [0.25, 0.3) is 0 Å². The maximum absolute atomic E-state index is 5.82. The minimum absolute atomic E-state index is 0.269. The summed E-state index contributed by atoms with van der Waals surface area (Å²) in [6.45, 7) is 3.02. The Morgan fingerprint density at radius 2 is 1.67 bits per heavy atom. The fourth-order valence-corrected chi connectivity index (χ4v) is 2.53. The van der Waals surface area contributed by atoms with Crippen LogP contribution in [0.4, 0.5) is 0 Å². The third-order valence-corrected chi connectivity index (χ3v) is 3.66. The fraction of sp³-hybridized carbons (Fsp3) is 0.368. The van der Waals surface area contributed by atoms with E-state index < -0.39 is 0 Å². The van der Waals surface area contributed by atoms with Crippen LogP contribution in [-0.4, -0.2) is 25.0 Å². The second kappa shape index (κ2) is 7.39.